The van der Waals surface area contributed by atoms with Crippen LogP contribution in [0.25, 0.3) is 11.0 Å². The lowest BCUT2D eigenvalue weighted by molar-refractivity contribution is -0.141. The van der Waals surface area contributed by atoms with Crippen molar-refractivity contribution in [3.05, 3.63) is 23.5 Å². The second kappa shape index (κ2) is 6.82. The number of hydrogen-bond donors (Lipinski definition) is 2. The van der Waals surface area contributed by atoms with Crippen LogP contribution in [0.3, 0.4) is 0 Å². The summed E-state index contributed by atoms with van der Waals surface area (Å²) in [7, 11) is 0. The average Bonchev–Trinajstić information content (AvgIpc) is 3.20. The van der Waals surface area contributed by atoms with Gasteiger partial charge in [-0.15, -0.1) is 0 Å². The van der Waals surface area contributed by atoms with Gasteiger partial charge in [-0.3, -0.25) is 9.59 Å². The van der Waals surface area contributed by atoms with Gasteiger partial charge in [-0.1, -0.05) is 6.92 Å². The van der Waals surface area contributed by atoms with Gasteiger partial charge in [0.05, 0.1) is 29.1 Å². The number of rotatable bonds is 5. The molecule has 2 aromatic heterocycles. The predicted octanol–water partition coefficient (Wildman–Crippen LogP) is 2.69. The maximum atomic E-state index is 12.8. The molecule has 2 heterocycles. The lowest BCUT2D eigenvalue weighted by Crippen LogP contribution is -2.33. The van der Waals surface area contributed by atoms with Gasteiger partial charge >= 0.3 is 5.97 Å². The van der Waals surface area contributed by atoms with Gasteiger partial charge in [0.25, 0.3) is 5.91 Å². The molecule has 1 amide bonds. The Labute approximate surface area is 146 Å². The number of pyridine rings is 1. The number of carboxylic acid groups (broad SMARTS) is 1. The highest BCUT2D eigenvalue weighted by molar-refractivity contribution is 6.05. The largest absolute Gasteiger partial charge is 0.481 e. The molecule has 0 aliphatic heterocycles. The molecule has 3 atom stereocenters. The highest BCUT2D eigenvalue weighted by Crippen LogP contribution is 2.27. The van der Waals surface area contributed by atoms with Crippen molar-refractivity contribution in [2.75, 3.05) is 0 Å². The number of carbonyl (C=O) groups is 2. The molecule has 7 nitrogen and oxygen atoms in total. The smallest absolute Gasteiger partial charge is 0.306 e. The summed E-state index contributed by atoms with van der Waals surface area (Å²) in [6, 6.07) is 1.87. The van der Waals surface area contributed by atoms with Crippen LogP contribution < -0.4 is 5.32 Å². The number of nitrogens with one attached hydrogen (secondary N) is 1. The maximum Gasteiger partial charge on any atom is 0.306 e. The molecule has 3 rings (SSSR count). The minimum Gasteiger partial charge on any atom is -0.481 e. The fourth-order valence-electron chi connectivity index (χ4n) is 3.43. The van der Waals surface area contributed by atoms with Gasteiger partial charge in [0.2, 0.25) is 0 Å². The third kappa shape index (κ3) is 3.36. The highest BCUT2D eigenvalue weighted by Gasteiger charge is 2.31. The van der Waals surface area contributed by atoms with E-state index in [1.165, 1.54) is 0 Å². The van der Waals surface area contributed by atoms with Crippen LogP contribution in [0.15, 0.2) is 12.3 Å². The van der Waals surface area contributed by atoms with Crippen LogP contribution in [-0.4, -0.2) is 37.8 Å². The molecule has 0 saturated heterocycles. The summed E-state index contributed by atoms with van der Waals surface area (Å²) >= 11 is 0. The summed E-state index contributed by atoms with van der Waals surface area (Å²) in [5, 5.41) is 17.2. The Morgan fingerprint density at radius 2 is 2.20 bits per heavy atom. The fraction of sp³-hybridized carbons (Fsp3) is 0.556. The van der Waals surface area contributed by atoms with Crippen LogP contribution in [0.2, 0.25) is 0 Å². The Hall–Kier alpha value is -2.44. The number of nitrogens with zero attached hydrogens (tertiary/aromatic N) is 3. The van der Waals surface area contributed by atoms with Crippen molar-refractivity contribution in [1.29, 1.82) is 0 Å². The SMILES string of the molecule is CCC(C)n1ncc2c(C(=O)N[C@@H]3CC[C@H](C(=O)O)C3)cc(C)nc21. The predicted molar refractivity (Wildman–Crippen MR) is 93.5 cm³/mol. The normalized spacial score (nSPS) is 21.4. The zero-order valence-electron chi connectivity index (χ0n) is 14.8. The van der Waals surface area contributed by atoms with E-state index in [-0.39, 0.29) is 23.9 Å². The summed E-state index contributed by atoms with van der Waals surface area (Å²) in [6.45, 7) is 6.02. The van der Waals surface area contributed by atoms with Gasteiger partial charge < -0.3 is 10.4 Å². The van der Waals surface area contributed by atoms with Crippen molar-refractivity contribution in [3.8, 4) is 0 Å². The van der Waals surface area contributed by atoms with Gasteiger partial charge in [-0.05, 0) is 45.6 Å². The highest BCUT2D eigenvalue weighted by atomic mass is 16.4. The Morgan fingerprint density at radius 1 is 1.44 bits per heavy atom. The van der Waals surface area contributed by atoms with Crippen LogP contribution in [0.5, 0.6) is 0 Å². The third-order valence-electron chi connectivity index (χ3n) is 5.06. The van der Waals surface area contributed by atoms with Crippen LogP contribution >= 0.6 is 0 Å². The molecule has 1 aliphatic rings. The van der Waals surface area contributed by atoms with E-state index in [0.717, 1.165) is 17.5 Å². The van der Waals surface area contributed by atoms with Crippen molar-refractivity contribution in [3.63, 3.8) is 0 Å². The number of aryl methyl sites for hydroxylation is 1. The molecule has 1 unspecified atom stereocenters. The topological polar surface area (TPSA) is 97.1 Å². The van der Waals surface area contributed by atoms with Gasteiger partial charge in [-0.2, -0.15) is 5.10 Å². The lowest BCUT2D eigenvalue weighted by Gasteiger charge is -2.14. The van der Waals surface area contributed by atoms with E-state index in [1.54, 1.807) is 12.3 Å². The van der Waals surface area contributed by atoms with Crippen molar-refractivity contribution >= 4 is 22.9 Å². The minimum atomic E-state index is -0.784. The van der Waals surface area contributed by atoms with Crippen LogP contribution in [0.1, 0.15) is 61.6 Å². The van der Waals surface area contributed by atoms with Crippen molar-refractivity contribution in [2.45, 2.75) is 58.5 Å². The van der Waals surface area contributed by atoms with Gasteiger partial charge in [-0.25, -0.2) is 9.67 Å². The van der Waals surface area contributed by atoms with Gasteiger partial charge in [0.15, 0.2) is 5.65 Å². The molecule has 25 heavy (non-hydrogen) atoms. The maximum absolute atomic E-state index is 12.8. The Morgan fingerprint density at radius 3 is 2.84 bits per heavy atom. The summed E-state index contributed by atoms with van der Waals surface area (Å²) in [5.41, 5.74) is 2.03. The molecular formula is C18H24N4O3. The summed E-state index contributed by atoms with van der Waals surface area (Å²) < 4.78 is 1.86. The average molecular weight is 344 g/mol. The van der Waals surface area contributed by atoms with Crippen LogP contribution in [0, 0.1) is 12.8 Å². The number of hydrogen-bond acceptors (Lipinski definition) is 4. The molecule has 0 radical (unpaired) electrons. The van der Waals surface area contributed by atoms with Crippen molar-refractivity contribution < 1.29 is 14.7 Å². The second-order valence-corrected chi connectivity index (χ2v) is 6.91. The van der Waals surface area contributed by atoms with E-state index in [4.69, 9.17) is 5.11 Å². The fourth-order valence-corrected chi connectivity index (χ4v) is 3.43. The van der Waals surface area contributed by atoms with Crippen molar-refractivity contribution in [1.82, 2.24) is 20.1 Å². The third-order valence-corrected chi connectivity index (χ3v) is 5.06. The van der Waals surface area contributed by atoms with E-state index in [2.05, 4.69) is 29.2 Å². The van der Waals surface area contributed by atoms with E-state index in [1.807, 2.05) is 11.6 Å². The lowest BCUT2D eigenvalue weighted by atomic mass is 10.1. The molecule has 2 N–H and O–H groups in total. The summed E-state index contributed by atoms with van der Waals surface area (Å²) in [4.78, 5) is 28.4. The van der Waals surface area contributed by atoms with E-state index >= 15 is 0 Å². The number of aliphatic carboxylic acids is 1. The molecule has 7 heteroatoms. The van der Waals surface area contributed by atoms with E-state index < -0.39 is 5.97 Å². The number of carboxylic acids is 1. The van der Waals surface area contributed by atoms with Crippen LogP contribution in [-0.2, 0) is 4.79 Å². The Bertz CT molecular complexity index is 814. The zero-order valence-corrected chi connectivity index (χ0v) is 14.8. The number of aromatic nitrogens is 3. The molecule has 2 aromatic rings. The Balaban J connectivity index is 1.87. The van der Waals surface area contributed by atoms with Gasteiger partial charge in [0.1, 0.15) is 0 Å². The first-order chi connectivity index (χ1) is 11.9. The molecule has 0 aromatic carbocycles. The standard InChI is InChI=1S/C18H24N4O3/c1-4-11(3)22-16-15(9-19-22)14(7-10(2)20-16)17(23)21-13-6-5-12(8-13)18(24)25/h7,9,11-13H,4-6,8H2,1-3H3,(H,21,23)(H,24,25)/t11?,12-,13+/m0/s1. The number of amides is 1. The minimum absolute atomic E-state index is 0.0956. The molecule has 0 bridgehead atoms. The second-order valence-electron chi connectivity index (χ2n) is 6.91. The number of carbonyl (C=O) groups excluding carboxylic acids is 1. The van der Waals surface area contributed by atoms with Crippen molar-refractivity contribution in [2.24, 2.45) is 5.92 Å². The molecule has 1 saturated carbocycles. The monoisotopic (exact) mass is 344 g/mol. The van der Waals surface area contributed by atoms with E-state index in [0.29, 0.717) is 30.5 Å². The molecule has 1 fully saturated rings. The summed E-state index contributed by atoms with van der Waals surface area (Å²) in [6.07, 6.45) is 4.41. The van der Waals surface area contributed by atoms with Gasteiger partial charge in [0, 0.05) is 11.7 Å². The molecular weight excluding hydrogens is 320 g/mol. The molecule has 1 aliphatic carbocycles. The Kier molecular flexibility index (Phi) is 4.74. The summed E-state index contributed by atoms with van der Waals surface area (Å²) in [5.74, 6) is -1.33. The first kappa shape index (κ1) is 17.4. The molecule has 134 valence electrons. The molecule has 0 spiro atoms. The zero-order chi connectivity index (χ0) is 18.1. The first-order valence-corrected chi connectivity index (χ1v) is 8.79. The van der Waals surface area contributed by atoms with E-state index in [9.17, 15) is 9.59 Å². The number of fused-ring (bicyclic) bond motifs is 1. The van der Waals surface area contributed by atoms with Crippen LogP contribution in [0.4, 0.5) is 0 Å². The first-order valence-electron chi connectivity index (χ1n) is 8.79. The quantitative estimate of drug-likeness (QED) is 0.869.